The summed E-state index contributed by atoms with van der Waals surface area (Å²) in [5.41, 5.74) is 5.41. The summed E-state index contributed by atoms with van der Waals surface area (Å²) in [4.78, 5) is 25.0. The fourth-order valence-electron chi connectivity index (χ4n) is 1.59. The molecule has 3 N–H and O–H groups in total. The molecule has 18 heavy (non-hydrogen) atoms. The molecule has 0 rings (SSSR count). The highest BCUT2D eigenvalue weighted by Crippen LogP contribution is 2.08. The maximum Gasteiger partial charge on any atom is 0.239 e. The van der Waals surface area contributed by atoms with Crippen molar-refractivity contribution < 1.29 is 9.59 Å². The van der Waals surface area contributed by atoms with Crippen LogP contribution in [0.5, 0.6) is 0 Å². The van der Waals surface area contributed by atoms with Crippen molar-refractivity contribution in [1.29, 1.82) is 0 Å². The van der Waals surface area contributed by atoms with E-state index in [4.69, 9.17) is 5.73 Å². The van der Waals surface area contributed by atoms with E-state index < -0.39 is 0 Å². The highest BCUT2D eigenvalue weighted by Gasteiger charge is 2.18. The molecule has 1 atom stereocenters. The minimum Gasteiger partial charge on any atom is -0.354 e. The van der Waals surface area contributed by atoms with Gasteiger partial charge in [-0.05, 0) is 25.3 Å². The molecule has 0 bridgehead atoms. The number of amides is 2. The lowest BCUT2D eigenvalue weighted by Gasteiger charge is -2.21. The van der Waals surface area contributed by atoms with Gasteiger partial charge in [0, 0.05) is 19.5 Å². The Morgan fingerprint density at radius 1 is 1.28 bits per heavy atom. The van der Waals surface area contributed by atoms with Crippen LogP contribution in [-0.2, 0) is 9.59 Å². The highest BCUT2D eigenvalue weighted by atomic mass is 16.2. The van der Waals surface area contributed by atoms with Crippen molar-refractivity contribution in [2.75, 3.05) is 26.7 Å². The first kappa shape index (κ1) is 16.9. The van der Waals surface area contributed by atoms with Gasteiger partial charge < -0.3 is 16.0 Å². The second-order valence-electron chi connectivity index (χ2n) is 5.22. The monoisotopic (exact) mass is 257 g/mol. The van der Waals surface area contributed by atoms with Gasteiger partial charge in [-0.25, -0.2) is 0 Å². The van der Waals surface area contributed by atoms with Gasteiger partial charge in [-0.1, -0.05) is 20.8 Å². The minimum absolute atomic E-state index is 0.00291. The van der Waals surface area contributed by atoms with Crippen LogP contribution in [0.25, 0.3) is 0 Å². The molecule has 0 aromatic carbocycles. The summed E-state index contributed by atoms with van der Waals surface area (Å²) < 4.78 is 0. The second-order valence-corrected chi connectivity index (χ2v) is 5.22. The van der Waals surface area contributed by atoms with Gasteiger partial charge in [0.2, 0.25) is 11.8 Å². The van der Waals surface area contributed by atoms with E-state index in [-0.39, 0.29) is 24.3 Å². The van der Waals surface area contributed by atoms with Gasteiger partial charge in [0.05, 0.1) is 6.54 Å². The van der Waals surface area contributed by atoms with Crippen molar-refractivity contribution in [3.8, 4) is 0 Å². The predicted octanol–water partition coefficient (Wildman–Crippen LogP) is 0.592. The lowest BCUT2D eigenvalue weighted by Crippen LogP contribution is -2.41. The molecule has 0 radical (unpaired) electrons. The van der Waals surface area contributed by atoms with Crippen molar-refractivity contribution in [2.24, 2.45) is 17.6 Å². The molecule has 0 saturated heterocycles. The maximum absolute atomic E-state index is 11.9. The van der Waals surface area contributed by atoms with E-state index in [0.29, 0.717) is 19.0 Å². The van der Waals surface area contributed by atoms with E-state index in [1.165, 1.54) is 4.90 Å². The largest absolute Gasteiger partial charge is 0.354 e. The minimum atomic E-state index is -0.106. The Labute approximate surface area is 110 Å². The van der Waals surface area contributed by atoms with Gasteiger partial charge in [0.1, 0.15) is 0 Å². The molecule has 0 spiro atoms. The lowest BCUT2D eigenvalue weighted by molar-refractivity contribution is -0.137. The fourth-order valence-corrected chi connectivity index (χ4v) is 1.59. The second kappa shape index (κ2) is 8.91. The number of likely N-dealkylation sites (N-methyl/N-ethyl adjacent to an activating group) is 1. The zero-order valence-corrected chi connectivity index (χ0v) is 12.0. The van der Waals surface area contributed by atoms with Crippen LogP contribution >= 0.6 is 0 Å². The maximum atomic E-state index is 11.9. The van der Waals surface area contributed by atoms with E-state index in [2.05, 4.69) is 5.32 Å². The van der Waals surface area contributed by atoms with E-state index >= 15 is 0 Å². The van der Waals surface area contributed by atoms with E-state index in [0.717, 1.165) is 12.8 Å². The quantitative estimate of drug-likeness (QED) is 0.668. The Hall–Kier alpha value is -1.10. The summed E-state index contributed by atoms with van der Waals surface area (Å²) in [5.74, 6) is 0.239. The normalized spacial score (nSPS) is 12.3. The SMILES string of the molecule is CC(C)CNC(=O)CN(C)C(=O)C(C)CCCN. The Morgan fingerprint density at radius 3 is 2.39 bits per heavy atom. The Bertz CT molecular complexity index is 267. The molecule has 106 valence electrons. The number of carbonyl (C=O) groups is 2. The molecule has 1 unspecified atom stereocenters. The van der Waals surface area contributed by atoms with E-state index in [1.807, 2.05) is 20.8 Å². The fraction of sp³-hybridized carbons (Fsp3) is 0.846. The van der Waals surface area contributed by atoms with Gasteiger partial charge >= 0.3 is 0 Å². The summed E-state index contributed by atoms with van der Waals surface area (Å²) in [6, 6.07) is 0. The van der Waals surface area contributed by atoms with Gasteiger partial charge in [0.15, 0.2) is 0 Å². The van der Waals surface area contributed by atoms with Crippen LogP contribution in [-0.4, -0.2) is 43.4 Å². The van der Waals surface area contributed by atoms with Crippen molar-refractivity contribution in [3.05, 3.63) is 0 Å². The first-order valence-corrected chi connectivity index (χ1v) is 6.60. The molecule has 0 saturated carbocycles. The van der Waals surface area contributed by atoms with E-state index in [1.54, 1.807) is 7.05 Å². The van der Waals surface area contributed by atoms with Crippen LogP contribution in [0.2, 0.25) is 0 Å². The third kappa shape index (κ3) is 7.27. The smallest absolute Gasteiger partial charge is 0.239 e. The summed E-state index contributed by atoms with van der Waals surface area (Å²) in [5, 5.41) is 2.80. The van der Waals surface area contributed by atoms with Crippen LogP contribution in [0.1, 0.15) is 33.6 Å². The first-order valence-electron chi connectivity index (χ1n) is 6.60. The molecule has 0 aliphatic rings. The highest BCUT2D eigenvalue weighted by molar-refractivity contribution is 5.85. The van der Waals surface area contributed by atoms with Crippen LogP contribution in [0.3, 0.4) is 0 Å². The molecule has 2 amide bonds. The molecular formula is C13H27N3O2. The van der Waals surface area contributed by atoms with Crippen molar-refractivity contribution in [2.45, 2.75) is 33.6 Å². The number of hydrogen-bond donors (Lipinski definition) is 2. The molecule has 0 aliphatic carbocycles. The average molecular weight is 257 g/mol. The number of hydrogen-bond acceptors (Lipinski definition) is 3. The van der Waals surface area contributed by atoms with Crippen LogP contribution in [0, 0.1) is 11.8 Å². The summed E-state index contributed by atoms with van der Waals surface area (Å²) in [6.07, 6.45) is 1.60. The first-order chi connectivity index (χ1) is 8.38. The summed E-state index contributed by atoms with van der Waals surface area (Å²) >= 11 is 0. The molecule has 5 heteroatoms. The molecule has 0 aromatic rings. The van der Waals surface area contributed by atoms with Gasteiger partial charge in [-0.3, -0.25) is 9.59 Å². The van der Waals surface area contributed by atoms with E-state index in [9.17, 15) is 9.59 Å². The Morgan fingerprint density at radius 2 is 1.89 bits per heavy atom. The lowest BCUT2D eigenvalue weighted by atomic mass is 10.0. The third-order valence-electron chi connectivity index (χ3n) is 2.73. The average Bonchev–Trinajstić information content (AvgIpc) is 2.32. The van der Waals surface area contributed by atoms with Crippen molar-refractivity contribution >= 4 is 11.8 Å². The molecular weight excluding hydrogens is 230 g/mol. The molecule has 5 nitrogen and oxygen atoms in total. The molecule has 0 aromatic heterocycles. The predicted molar refractivity (Wildman–Crippen MR) is 72.9 cm³/mol. The van der Waals surface area contributed by atoms with Gasteiger partial charge in [-0.2, -0.15) is 0 Å². The molecule has 0 fully saturated rings. The third-order valence-corrected chi connectivity index (χ3v) is 2.73. The van der Waals surface area contributed by atoms with Gasteiger partial charge in [0.25, 0.3) is 0 Å². The number of carbonyl (C=O) groups excluding carboxylic acids is 2. The van der Waals surface area contributed by atoms with Crippen LogP contribution in [0.15, 0.2) is 0 Å². The summed E-state index contributed by atoms with van der Waals surface area (Å²) in [7, 11) is 1.66. The number of nitrogens with two attached hydrogens (primary N) is 1. The van der Waals surface area contributed by atoms with Gasteiger partial charge in [-0.15, -0.1) is 0 Å². The molecule has 0 heterocycles. The van der Waals surface area contributed by atoms with Crippen molar-refractivity contribution in [1.82, 2.24) is 10.2 Å². The zero-order valence-electron chi connectivity index (χ0n) is 12.0. The van der Waals surface area contributed by atoms with Crippen LogP contribution < -0.4 is 11.1 Å². The molecule has 0 aliphatic heterocycles. The van der Waals surface area contributed by atoms with Crippen molar-refractivity contribution in [3.63, 3.8) is 0 Å². The summed E-state index contributed by atoms with van der Waals surface area (Å²) in [6.45, 7) is 7.30. The number of rotatable bonds is 8. The number of nitrogens with one attached hydrogen (secondary N) is 1. The Balaban J connectivity index is 4.02. The van der Waals surface area contributed by atoms with Crippen LogP contribution in [0.4, 0.5) is 0 Å². The topological polar surface area (TPSA) is 75.4 Å². The zero-order chi connectivity index (χ0) is 14.1. The standard InChI is InChI=1S/C13H27N3O2/c1-10(2)8-15-12(17)9-16(4)13(18)11(3)6-5-7-14/h10-11H,5-9,14H2,1-4H3,(H,15,17). The number of nitrogens with zero attached hydrogens (tertiary/aromatic N) is 1. The Kier molecular flexibility index (Phi) is 8.37.